The van der Waals surface area contributed by atoms with Crippen LogP contribution in [0, 0.1) is 5.92 Å². The smallest absolute Gasteiger partial charge is 0.417 e. The maximum atomic E-state index is 12.9. The highest BCUT2D eigenvalue weighted by molar-refractivity contribution is 7.92. The van der Waals surface area contributed by atoms with E-state index in [4.69, 9.17) is 9.47 Å². The van der Waals surface area contributed by atoms with E-state index < -0.39 is 21.7 Å². The maximum absolute atomic E-state index is 12.9. The third-order valence-corrected chi connectivity index (χ3v) is 6.82. The first-order chi connectivity index (χ1) is 16.9. The van der Waals surface area contributed by atoms with E-state index in [9.17, 15) is 18.0 Å². The molecule has 1 saturated heterocycles. The number of nitrogens with zero attached hydrogens (tertiary/aromatic N) is 1. The van der Waals surface area contributed by atoms with Crippen LogP contribution in [0.5, 0.6) is 5.75 Å². The number of imide groups is 1. The molecule has 194 valence electrons. The Morgan fingerprint density at radius 2 is 1.89 bits per heavy atom. The first-order valence-electron chi connectivity index (χ1n) is 12.0. The number of hydrogen-bond acceptors (Lipinski definition) is 7. The van der Waals surface area contributed by atoms with Crippen LogP contribution in [0.3, 0.4) is 0 Å². The molecule has 4 rings (SSSR count). The predicted octanol–water partition coefficient (Wildman–Crippen LogP) is 3.72. The van der Waals surface area contributed by atoms with Gasteiger partial charge in [-0.3, -0.25) is 9.52 Å². The van der Waals surface area contributed by atoms with E-state index in [0.717, 1.165) is 41.8 Å². The highest BCUT2D eigenvalue weighted by Gasteiger charge is 2.35. The minimum absolute atomic E-state index is 0.183. The average molecular weight is 516 g/mol. The van der Waals surface area contributed by atoms with Gasteiger partial charge in [0.05, 0.1) is 19.4 Å². The van der Waals surface area contributed by atoms with E-state index in [-0.39, 0.29) is 24.3 Å². The van der Waals surface area contributed by atoms with E-state index >= 15 is 0 Å². The lowest BCUT2D eigenvalue weighted by atomic mass is 9.81. The molecule has 0 bridgehead atoms. The molecule has 0 unspecified atom stereocenters. The molecule has 2 heterocycles. The number of nitrogens with one attached hydrogen (secondary N) is 2. The van der Waals surface area contributed by atoms with Crippen molar-refractivity contribution in [3.05, 3.63) is 59.2 Å². The molecule has 2 aromatic rings. The number of carbonyl (C=O) groups is 2. The number of ether oxygens (including phenoxy) is 2. The maximum Gasteiger partial charge on any atom is 0.417 e. The molecule has 36 heavy (non-hydrogen) atoms. The van der Waals surface area contributed by atoms with Gasteiger partial charge in [0.15, 0.2) is 0 Å². The lowest BCUT2D eigenvalue weighted by molar-refractivity contribution is 0.0248. The van der Waals surface area contributed by atoms with E-state index in [2.05, 4.69) is 10.0 Å². The zero-order valence-electron chi connectivity index (χ0n) is 21.0. The van der Waals surface area contributed by atoms with Crippen molar-refractivity contribution in [3.63, 3.8) is 0 Å². The monoisotopic (exact) mass is 515 g/mol. The van der Waals surface area contributed by atoms with Gasteiger partial charge in [-0.25, -0.2) is 18.1 Å². The van der Waals surface area contributed by atoms with Gasteiger partial charge < -0.3 is 14.8 Å². The summed E-state index contributed by atoms with van der Waals surface area (Å²) >= 11 is 0. The van der Waals surface area contributed by atoms with Gasteiger partial charge in [-0.1, -0.05) is 18.2 Å². The van der Waals surface area contributed by atoms with Crippen molar-refractivity contribution < 1.29 is 27.5 Å². The Morgan fingerprint density at radius 3 is 2.56 bits per heavy atom. The molecule has 0 aromatic heterocycles. The zero-order chi connectivity index (χ0) is 26.1. The third kappa shape index (κ3) is 6.36. The summed E-state index contributed by atoms with van der Waals surface area (Å²) in [6.45, 7) is 7.59. The van der Waals surface area contributed by atoms with Gasteiger partial charge in [-0.15, -0.1) is 0 Å². The molecule has 9 nitrogen and oxygen atoms in total. The predicted molar refractivity (Wildman–Crippen MR) is 137 cm³/mol. The summed E-state index contributed by atoms with van der Waals surface area (Å²) in [6, 6.07) is 12.8. The summed E-state index contributed by atoms with van der Waals surface area (Å²) in [4.78, 5) is 26.4. The van der Waals surface area contributed by atoms with Gasteiger partial charge in [0, 0.05) is 23.7 Å². The fourth-order valence-corrected chi connectivity index (χ4v) is 5.15. The van der Waals surface area contributed by atoms with Crippen LogP contribution in [0.15, 0.2) is 42.5 Å². The molecule has 0 spiro atoms. The summed E-state index contributed by atoms with van der Waals surface area (Å²) < 4.78 is 36.9. The summed E-state index contributed by atoms with van der Waals surface area (Å²) in [5, 5.41) is 3.41. The SMILES string of the molecule is CC(C)(C)OC(=O)N1Cc2ccc(OC[C@@H]3CNCC[C@H]3c3ccc(NS(C)(=O)=O)cc3)cc2C1=O. The van der Waals surface area contributed by atoms with E-state index in [1.807, 2.05) is 24.3 Å². The average Bonchev–Trinajstić information content (AvgIpc) is 3.12. The van der Waals surface area contributed by atoms with Crippen LogP contribution in [-0.2, 0) is 21.3 Å². The minimum atomic E-state index is -3.32. The molecule has 0 saturated carbocycles. The first-order valence-corrected chi connectivity index (χ1v) is 13.9. The molecule has 2 aliphatic rings. The summed E-state index contributed by atoms with van der Waals surface area (Å²) in [5.41, 5.74) is 2.19. The van der Waals surface area contributed by atoms with Gasteiger partial charge >= 0.3 is 6.09 Å². The van der Waals surface area contributed by atoms with Gasteiger partial charge in [0.25, 0.3) is 5.91 Å². The second-order valence-corrected chi connectivity index (χ2v) is 12.1. The molecule has 2 atom stereocenters. The lowest BCUT2D eigenvalue weighted by Gasteiger charge is -2.32. The lowest BCUT2D eigenvalue weighted by Crippen LogP contribution is -2.38. The Balaban J connectivity index is 1.41. The second kappa shape index (κ2) is 10.1. The van der Waals surface area contributed by atoms with Crippen LogP contribution in [0.4, 0.5) is 10.5 Å². The fourth-order valence-electron chi connectivity index (χ4n) is 4.59. The topological polar surface area (TPSA) is 114 Å². The number of rotatable bonds is 6. The van der Waals surface area contributed by atoms with Gasteiger partial charge in [-0.2, -0.15) is 0 Å². The quantitative estimate of drug-likeness (QED) is 0.603. The molecular formula is C26H33N3O6S. The summed E-state index contributed by atoms with van der Waals surface area (Å²) in [6.07, 6.45) is 1.41. The summed E-state index contributed by atoms with van der Waals surface area (Å²) in [5.74, 6) is 0.627. The van der Waals surface area contributed by atoms with Gasteiger partial charge in [-0.05, 0) is 75.0 Å². The molecular weight excluding hydrogens is 482 g/mol. The third-order valence-electron chi connectivity index (χ3n) is 6.21. The number of carbonyl (C=O) groups excluding carboxylic acids is 2. The van der Waals surface area contributed by atoms with Crippen LogP contribution >= 0.6 is 0 Å². The van der Waals surface area contributed by atoms with Crippen molar-refractivity contribution in [2.24, 2.45) is 5.92 Å². The number of amides is 2. The van der Waals surface area contributed by atoms with E-state index in [1.165, 1.54) is 0 Å². The molecule has 10 heteroatoms. The number of fused-ring (bicyclic) bond motifs is 1. The summed E-state index contributed by atoms with van der Waals surface area (Å²) in [7, 11) is -3.32. The molecule has 1 fully saturated rings. The van der Waals surface area contributed by atoms with Crippen molar-refractivity contribution in [1.82, 2.24) is 10.2 Å². The Kier molecular flexibility index (Phi) is 7.28. The highest BCUT2D eigenvalue weighted by atomic mass is 32.2. The number of benzene rings is 2. The highest BCUT2D eigenvalue weighted by Crippen LogP contribution is 2.33. The minimum Gasteiger partial charge on any atom is -0.493 e. The number of anilines is 1. The molecule has 2 amide bonds. The van der Waals surface area contributed by atoms with Crippen LogP contribution in [0.2, 0.25) is 0 Å². The van der Waals surface area contributed by atoms with Crippen molar-refractivity contribution >= 4 is 27.7 Å². The van der Waals surface area contributed by atoms with Gasteiger partial charge in [0.2, 0.25) is 10.0 Å². The van der Waals surface area contributed by atoms with Crippen LogP contribution in [0.25, 0.3) is 0 Å². The second-order valence-electron chi connectivity index (χ2n) is 10.4. The first kappa shape index (κ1) is 26.0. The van der Waals surface area contributed by atoms with Crippen LogP contribution < -0.4 is 14.8 Å². The Bertz CT molecular complexity index is 1240. The van der Waals surface area contributed by atoms with Crippen molar-refractivity contribution in [1.29, 1.82) is 0 Å². The van der Waals surface area contributed by atoms with Gasteiger partial charge in [0.1, 0.15) is 11.4 Å². The molecule has 0 aliphatic carbocycles. The standard InChI is InChI=1S/C26H33N3O6S/c1-26(2,3)35-25(31)29-15-18-7-10-21(13-23(18)24(29)30)34-16-19-14-27-12-11-22(19)17-5-8-20(9-6-17)28-36(4,32)33/h5-10,13,19,22,27-28H,11-12,14-16H2,1-4H3/t19-,22-/m0/s1. The number of piperidine rings is 1. The molecule has 2 N–H and O–H groups in total. The number of sulfonamides is 1. The van der Waals surface area contributed by atoms with Crippen molar-refractivity contribution in [2.45, 2.75) is 45.3 Å². The van der Waals surface area contributed by atoms with E-state index in [0.29, 0.717) is 23.6 Å². The van der Waals surface area contributed by atoms with E-state index in [1.54, 1.807) is 39.0 Å². The van der Waals surface area contributed by atoms with Crippen molar-refractivity contribution in [2.75, 3.05) is 30.7 Å². The Hall–Kier alpha value is -3.11. The normalized spacial score (nSPS) is 20.1. The Morgan fingerprint density at radius 1 is 1.17 bits per heavy atom. The van der Waals surface area contributed by atoms with Crippen molar-refractivity contribution in [3.8, 4) is 5.75 Å². The van der Waals surface area contributed by atoms with Crippen LogP contribution in [0.1, 0.15) is 54.6 Å². The molecule has 2 aliphatic heterocycles. The molecule has 0 radical (unpaired) electrons. The fraction of sp³-hybridized carbons (Fsp3) is 0.462. The molecule has 2 aromatic carbocycles. The Labute approximate surface area is 212 Å². The number of hydrogen-bond donors (Lipinski definition) is 2. The van der Waals surface area contributed by atoms with Crippen LogP contribution in [-0.4, -0.2) is 56.9 Å². The zero-order valence-corrected chi connectivity index (χ0v) is 21.9. The largest absolute Gasteiger partial charge is 0.493 e.